The van der Waals surface area contributed by atoms with Gasteiger partial charge in [-0.2, -0.15) is 0 Å². The Morgan fingerprint density at radius 2 is 1.95 bits per heavy atom. The summed E-state index contributed by atoms with van der Waals surface area (Å²) in [5.41, 5.74) is 0.557. The van der Waals surface area contributed by atoms with E-state index >= 15 is 0 Å². The molecular formula is C29H39IN2O6. The number of para-hydroxylation sites is 1. The Labute approximate surface area is 238 Å². The number of aliphatic hydroxyl groups is 2. The van der Waals surface area contributed by atoms with Crippen molar-refractivity contribution >= 4 is 40.2 Å². The Balaban J connectivity index is 1.66. The summed E-state index contributed by atoms with van der Waals surface area (Å²) in [4.78, 5) is 40.7. The zero-order valence-electron chi connectivity index (χ0n) is 22.4. The first-order valence-electron chi connectivity index (χ1n) is 13.6. The van der Waals surface area contributed by atoms with Crippen LogP contribution in [0.5, 0.6) is 5.75 Å². The number of carbonyl (C=O) groups is 3. The van der Waals surface area contributed by atoms with Crippen molar-refractivity contribution < 1.29 is 29.3 Å². The molecule has 3 saturated carbocycles. The highest BCUT2D eigenvalue weighted by atomic mass is 127. The fourth-order valence-corrected chi connectivity index (χ4v) is 7.10. The van der Waals surface area contributed by atoms with Gasteiger partial charge >= 0.3 is 0 Å². The van der Waals surface area contributed by atoms with E-state index in [-0.39, 0.29) is 43.2 Å². The summed E-state index contributed by atoms with van der Waals surface area (Å²) in [6.45, 7) is 6.48. The van der Waals surface area contributed by atoms with Crippen molar-refractivity contribution in [2.75, 3.05) is 19.7 Å². The van der Waals surface area contributed by atoms with Gasteiger partial charge < -0.3 is 25.2 Å². The average molecular weight is 639 g/mol. The molecule has 4 aliphatic rings. The minimum absolute atomic E-state index is 0.0711. The lowest BCUT2D eigenvalue weighted by Gasteiger charge is -2.61. The maximum atomic E-state index is 13.5. The number of ether oxygens (including phenoxy) is 1. The van der Waals surface area contributed by atoms with Gasteiger partial charge in [-0.25, -0.2) is 0 Å². The molecule has 5 rings (SSSR count). The Morgan fingerprint density at radius 1 is 1.21 bits per heavy atom. The second kappa shape index (κ2) is 12.0. The van der Waals surface area contributed by atoms with Gasteiger partial charge in [0, 0.05) is 31.5 Å². The molecule has 0 radical (unpaired) electrons. The maximum absolute atomic E-state index is 13.5. The Bertz CT molecular complexity index is 1090. The van der Waals surface area contributed by atoms with Crippen molar-refractivity contribution in [1.29, 1.82) is 0 Å². The van der Waals surface area contributed by atoms with Crippen LogP contribution in [-0.2, 0) is 14.4 Å². The van der Waals surface area contributed by atoms with E-state index in [0.29, 0.717) is 29.7 Å². The zero-order valence-corrected chi connectivity index (χ0v) is 24.5. The first-order valence-corrected chi connectivity index (χ1v) is 14.7. The molecule has 0 aliphatic heterocycles. The fraction of sp³-hybridized carbons (Fsp3) is 0.621. The normalized spacial score (nSPS) is 29.5. The molecule has 1 aromatic carbocycles. The number of fused-ring (bicyclic) bond motifs is 2. The standard InChI is InChI=1S/C29H39IN2O6/c1-4-23(34)28(37)32(16-17-9-10-19-15-20(17)29(19,2)3)22-13-18(27(36)31-11-12-33)14-25(26(22)35)38-24-8-6-5-7-21(24)30/h5-8,14,17,19-20,22,25-26,33,35H,4,9-13,15-16H2,1-3H3,(H,31,36)/t17-,19-,20-,22+,25-,26-/m0/s1. The van der Waals surface area contributed by atoms with Crippen LogP contribution < -0.4 is 10.1 Å². The number of halogens is 1. The number of hydrogen-bond acceptors (Lipinski definition) is 6. The van der Waals surface area contributed by atoms with E-state index in [9.17, 15) is 24.6 Å². The van der Waals surface area contributed by atoms with E-state index in [4.69, 9.17) is 4.74 Å². The minimum atomic E-state index is -1.14. The lowest BCUT2D eigenvalue weighted by Crippen LogP contribution is -2.60. The highest BCUT2D eigenvalue weighted by molar-refractivity contribution is 14.1. The first kappa shape index (κ1) is 29.0. The maximum Gasteiger partial charge on any atom is 0.290 e. The summed E-state index contributed by atoms with van der Waals surface area (Å²) in [7, 11) is 0. The largest absolute Gasteiger partial charge is 0.482 e. The van der Waals surface area contributed by atoms with Crippen LogP contribution in [0.15, 0.2) is 35.9 Å². The lowest BCUT2D eigenvalue weighted by molar-refractivity contribution is -0.155. The number of hydrogen-bond donors (Lipinski definition) is 3. The third-order valence-corrected chi connectivity index (χ3v) is 9.86. The molecule has 0 heterocycles. The van der Waals surface area contributed by atoms with Gasteiger partial charge in [-0.15, -0.1) is 0 Å². The quantitative estimate of drug-likeness (QED) is 0.268. The van der Waals surface area contributed by atoms with E-state index in [2.05, 4.69) is 41.8 Å². The van der Waals surface area contributed by atoms with E-state index in [1.165, 1.54) is 4.90 Å². The average Bonchev–Trinajstić information content (AvgIpc) is 2.91. The van der Waals surface area contributed by atoms with Crippen LogP contribution in [0.1, 0.15) is 52.9 Å². The molecule has 38 heavy (non-hydrogen) atoms. The van der Waals surface area contributed by atoms with Crippen LogP contribution >= 0.6 is 22.6 Å². The van der Waals surface area contributed by atoms with Crippen LogP contribution in [-0.4, -0.2) is 70.7 Å². The third-order valence-electron chi connectivity index (χ3n) is 8.97. The summed E-state index contributed by atoms with van der Waals surface area (Å²) in [6, 6.07) is 6.58. The van der Waals surface area contributed by atoms with Gasteiger partial charge in [0.25, 0.3) is 5.91 Å². The molecule has 4 aliphatic carbocycles. The van der Waals surface area contributed by atoms with Gasteiger partial charge in [0.1, 0.15) is 18.0 Å². The lowest BCUT2D eigenvalue weighted by atomic mass is 9.45. The Morgan fingerprint density at radius 3 is 2.58 bits per heavy atom. The molecule has 0 unspecified atom stereocenters. The van der Waals surface area contributed by atoms with Gasteiger partial charge in [-0.05, 0) is 83.2 Å². The minimum Gasteiger partial charge on any atom is -0.482 e. The molecule has 8 nitrogen and oxygen atoms in total. The second-order valence-corrected chi connectivity index (χ2v) is 12.5. The highest BCUT2D eigenvalue weighted by Crippen LogP contribution is 2.61. The molecule has 2 bridgehead atoms. The third kappa shape index (κ3) is 5.79. The van der Waals surface area contributed by atoms with Crippen LogP contribution in [0, 0.1) is 26.7 Å². The number of amides is 2. The number of benzene rings is 1. The van der Waals surface area contributed by atoms with Crippen molar-refractivity contribution in [1.82, 2.24) is 10.2 Å². The molecule has 1 aromatic rings. The Kier molecular flexibility index (Phi) is 9.19. The molecule has 0 aromatic heterocycles. The van der Waals surface area contributed by atoms with Crippen molar-refractivity contribution in [3.8, 4) is 5.75 Å². The summed E-state index contributed by atoms with van der Waals surface area (Å²) in [6.07, 6.45) is 2.93. The molecule has 6 atom stereocenters. The van der Waals surface area contributed by atoms with Crippen LogP contribution in [0.25, 0.3) is 0 Å². The number of carbonyl (C=O) groups excluding carboxylic acids is 3. The molecule has 3 N–H and O–H groups in total. The molecule has 208 valence electrons. The number of nitrogens with zero attached hydrogens (tertiary/aromatic N) is 1. The summed E-state index contributed by atoms with van der Waals surface area (Å²) < 4.78 is 7.04. The predicted octanol–water partition coefficient (Wildman–Crippen LogP) is 3.09. The van der Waals surface area contributed by atoms with Crippen LogP contribution in [0.2, 0.25) is 0 Å². The molecule has 2 amide bonds. The van der Waals surface area contributed by atoms with Gasteiger partial charge in [-0.1, -0.05) is 32.9 Å². The SMILES string of the molecule is CCC(=O)C(=O)N(C[C@@H]1CC[C@H]2C[C@@H]1C2(C)C)[C@@H]1CC(C(=O)NCCO)=C[C@H](Oc2ccccc2I)[C@H]1O. The van der Waals surface area contributed by atoms with Gasteiger partial charge in [0.15, 0.2) is 0 Å². The molecule has 0 saturated heterocycles. The van der Waals surface area contributed by atoms with Crippen molar-refractivity contribution in [2.45, 2.75) is 71.1 Å². The monoisotopic (exact) mass is 638 g/mol. The molecule has 9 heteroatoms. The molecule has 3 fully saturated rings. The number of rotatable bonds is 10. The molecule has 0 spiro atoms. The van der Waals surface area contributed by atoms with E-state index in [0.717, 1.165) is 22.8 Å². The molecular weight excluding hydrogens is 599 g/mol. The number of Topliss-reactive ketones (excluding diaryl/α,β-unsaturated/α-hetero) is 1. The van der Waals surface area contributed by atoms with Crippen molar-refractivity contribution in [2.24, 2.45) is 23.2 Å². The predicted molar refractivity (Wildman–Crippen MR) is 151 cm³/mol. The van der Waals surface area contributed by atoms with Gasteiger partial charge in [0.2, 0.25) is 11.7 Å². The topological polar surface area (TPSA) is 116 Å². The highest BCUT2D eigenvalue weighted by Gasteiger charge is 2.55. The summed E-state index contributed by atoms with van der Waals surface area (Å²) in [5.74, 6) is 0.429. The number of aliphatic hydroxyl groups excluding tert-OH is 2. The summed E-state index contributed by atoms with van der Waals surface area (Å²) >= 11 is 2.15. The number of nitrogens with one attached hydrogen (secondary N) is 1. The Hall–Kier alpha value is -1.98. The summed E-state index contributed by atoms with van der Waals surface area (Å²) in [5, 5.41) is 23.5. The first-order chi connectivity index (χ1) is 18.1. The van der Waals surface area contributed by atoms with E-state index in [1.54, 1.807) is 19.1 Å². The number of ketones is 1. The van der Waals surface area contributed by atoms with Crippen molar-refractivity contribution in [3.63, 3.8) is 0 Å². The van der Waals surface area contributed by atoms with Crippen LogP contribution in [0.4, 0.5) is 0 Å². The van der Waals surface area contributed by atoms with Crippen molar-refractivity contribution in [3.05, 3.63) is 39.5 Å². The zero-order chi connectivity index (χ0) is 27.6. The second-order valence-electron chi connectivity index (χ2n) is 11.4. The smallest absolute Gasteiger partial charge is 0.290 e. The van der Waals surface area contributed by atoms with E-state index in [1.807, 2.05) is 18.2 Å². The van der Waals surface area contributed by atoms with Gasteiger partial charge in [0.05, 0.1) is 16.2 Å². The fourth-order valence-electron chi connectivity index (χ4n) is 6.58. The van der Waals surface area contributed by atoms with Crippen LogP contribution in [0.3, 0.4) is 0 Å². The van der Waals surface area contributed by atoms with Gasteiger partial charge in [-0.3, -0.25) is 14.4 Å². The van der Waals surface area contributed by atoms with E-state index < -0.39 is 29.9 Å².